The second-order valence-corrected chi connectivity index (χ2v) is 7.10. The van der Waals surface area contributed by atoms with Gasteiger partial charge >= 0.3 is 0 Å². The van der Waals surface area contributed by atoms with Gasteiger partial charge in [-0.05, 0) is 39.7 Å². The van der Waals surface area contributed by atoms with Crippen LogP contribution in [-0.2, 0) is 4.79 Å². The summed E-state index contributed by atoms with van der Waals surface area (Å²) in [6, 6.07) is 24.8. The lowest BCUT2D eigenvalue weighted by atomic mass is 9.97. The molecular formula is C24H18ClN3O2. The molecule has 30 heavy (non-hydrogen) atoms. The molecule has 0 spiro atoms. The Labute approximate surface area is 178 Å². The molecule has 2 amide bonds. The van der Waals surface area contributed by atoms with Crippen molar-refractivity contribution in [2.75, 3.05) is 6.54 Å². The Morgan fingerprint density at radius 2 is 1.47 bits per heavy atom. The van der Waals surface area contributed by atoms with Crippen LogP contribution in [-0.4, -0.2) is 24.6 Å². The summed E-state index contributed by atoms with van der Waals surface area (Å²) in [5, 5.41) is 11.2. The Bertz CT molecular complexity index is 1230. The highest BCUT2D eigenvalue weighted by atomic mass is 35.5. The Kier molecular flexibility index (Phi) is 5.72. The van der Waals surface area contributed by atoms with Crippen molar-refractivity contribution >= 4 is 51.2 Å². The maximum Gasteiger partial charge on any atom is 0.259 e. The van der Waals surface area contributed by atoms with Crippen LogP contribution in [0.1, 0.15) is 15.9 Å². The van der Waals surface area contributed by atoms with E-state index in [4.69, 9.17) is 11.6 Å². The standard InChI is InChI=1S/C24H18ClN3O2/c25-22-12-6-5-11-20(22)24(30)26-15-23(29)28-27-14-21-18-9-3-1-7-16(18)13-17-8-2-4-10-19(17)21/h1-14H,15H2,(H,26,30)(H,28,29). The Balaban J connectivity index is 1.48. The van der Waals surface area contributed by atoms with Gasteiger partial charge in [-0.25, -0.2) is 5.43 Å². The molecule has 0 aromatic heterocycles. The number of carbonyl (C=O) groups is 2. The van der Waals surface area contributed by atoms with Gasteiger partial charge < -0.3 is 5.32 Å². The second-order valence-electron chi connectivity index (χ2n) is 6.69. The number of hydrazone groups is 1. The summed E-state index contributed by atoms with van der Waals surface area (Å²) in [7, 11) is 0. The van der Waals surface area contributed by atoms with Crippen LogP contribution in [0, 0.1) is 0 Å². The van der Waals surface area contributed by atoms with E-state index in [2.05, 4.69) is 21.9 Å². The SMILES string of the molecule is O=C(CNC(=O)c1ccccc1Cl)NN=Cc1c2ccccc2cc2ccccc12. The normalized spacial score (nSPS) is 11.1. The third-order valence-corrected chi connectivity index (χ3v) is 5.05. The Hall–Kier alpha value is -3.70. The molecule has 0 aliphatic carbocycles. The van der Waals surface area contributed by atoms with Gasteiger partial charge in [0.15, 0.2) is 0 Å². The van der Waals surface area contributed by atoms with Gasteiger partial charge in [-0.3, -0.25) is 9.59 Å². The van der Waals surface area contributed by atoms with Crippen molar-refractivity contribution in [3.63, 3.8) is 0 Å². The molecule has 0 bridgehead atoms. The number of hydrogen-bond donors (Lipinski definition) is 2. The summed E-state index contributed by atoms with van der Waals surface area (Å²) < 4.78 is 0. The van der Waals surface area contributed by atoms with Crippen LogP contribution in [0.15, 0.2) is 84.0 Å². The molecular weight excluding hydrogens is 398 g/mol. The monoisotopic (exact) mass is 415 g/mol. The van der Waals surface area contributed by atoms with Crippen molar-refractivity contribution in [2.24, 2.45) is 5.10 Å². The zero-order valence-corrected chi connectivity index (χ0v) is 16.7. The fourth-order valence-corrected chi connectivity index (χ4v) is 3.52. The van der Waals surface area contributed by atoms with Gasteiger partial charge in [0.25, 0.3) is 11.8 Å². The van der Waals surface area contributed by atoms with Crippen LogP contribution in [0.3, 0.4) is 0 Å². The van der Waals surface area contributed by atoms with Crippen LogP contribution >= 0.6 is 11.6 Å². The van der Waals surface area contributed by atoms with Gasteiger partial charge in [0.1, 0.15) is 0 Å². The van der Waals surface area contributed by atoms with Gasteiger partial charge in [0, 0.05) is 5.56 Å². The van der Waals surface area contributed by atoms with E-state index < -0.39 is 11.8 Å². The van der Waals surface area contributed by atoms with E-state index in [-0.39, 0.29) is 6.54 Å². The van der Waals surface area contributed by atoms with Crippen LogP contribution < -0.4 is 10.7 Å². The second kappa shape index (κ2) is 8.76. The molecule has 0 unspecified atom stereocenters. The molecule has 6 heteroatoms. The minimum atomic E-state index is -0.434. The van der Waals surface area contributed by atoms with Crippen LogP contribution in [0.4, 0.5) is 0 Å². The molecule has 148 valence electrons. The van der Waals surface area contributed by atoms with E-state index in [1.165, 1.54) is 0 Å². The molecule has 0 aliphatic rings. The highest BCUT2D eigenvalue weighted by Crippen LogP contribution is 2.27. The fourth-order valence-electron chi connectivity index (χ4n) is 3.30. The summed E-state index contributed by atoms with van der Waals surface area (Å²) in [5.74, 6) is -0.851. The number of amides is 2. The van der Waals surface area contributed by atoms with E-state index in [1.54, 1.807) is 30.5 Å². The lowest BCUT2D eigenvalue weighted by Gasteiger charge is -2.08. The molecule has 0 radical (unpaired) electrons. The van der Waals surface area contributed by atoms with Crippen LogP contribution in [0.2, 0.25) is 5.02 Å². The molecule has 4 aromatic rings. The predicted molar refractivity (Wildman–Crippen MR) is 121 cm³/mol. The number of carbonyl (C=O) groups excluding carboxylic acids is 2. The summed E-state index contributed by atoms with van der Waals surface area (Å²) in [6.45, 7) is -0.211. The number of fused-ring (bicyclic) bond motifs is 2. The summed E-state index contributed by atoms with van der Waals surface area (Å²) >= 11 is 6.00. The minimum absolute atomic E-state index is 0.211. The third-order valence-electron chi connectivity index (χ3n) is 4.72. The largest absolute Gasteiger partial charge is 0.343 e. The summed E-state index contributed by atoms with van der Waals surface area (Å²) in [4.78, 5) is 24.3. The van der Waals surface area contributed by atoms with Crippen molar-refractivity contribution in [3.05, 3.63) is 95.0 Å². The number of nitrogens with zero attached hydrogens (tertiary/aromatic N) is 1. The third kappa shape index (κ3) is 4.16. The first kappa shape index (κ1) is 19.6. The van der Waals surface area contributed by atoms with E-state index in [0.717, 1.165) is 27.1 Å². The van der Waals surface area contributed by atoms with Gasteiger partial charge in [0.05, 0.1) is 23.3 Å². The average Bonchev–Trinajstić information content (AvgIpc) is 2.77. The zero-order valence-electron chi connectivity index (χ0n) is 15.9. The molecule has 4 rings (SSSR count). The van der Waals surface area contributed by atoms with E-state index in [1.807, 2.05) is 48.5 Å². The van der Waals surface area contributed by atoms with Crippen LogP contribution in [0.25, 0.3) is 21.5 Å². The predicted octanol–water partition coefficient (Wildman–Crippen LogP) is 4.53. The average molecular weight is 416 g/mol. The lowest BCUT2D eigenvalue weighted by molar-refractivity contribution is -0.120. The van der Waals surface area contributed by atoms with E-state index in [9.17, 15) is 9.59 Å². The number of hydrogen-bond acceptors (Lipinski definition) is 3. The topological polar surface area (TPSA) is 70.6 Å². The van der Waals surface area contributed by atoms with Crippen molar-refractivity contribution in [1.82, 2.24) is 10.7 Å². The van der Waals surface area contributed by atoms with E-state index >= 15 is 0 Å². The van der Waals surface area contributed by atoms with Crippen LogP contribution in [0.5, 0.6) is 0 Å². The number of nitrogens with one attached hydrogen (secondary N) is 2. The van der Waals surface area contributed by atoms with Crippen molar-refractivity contribution in [3.8, 4) is 0 Å². The molecule has 5 nitrogen and oxygen atoms in total. The van der Waals surface area contributed by atoms with Crippen molar-refractivity contribution in [2.45, 2.75) is 0 Å². The number of halogens is 1. The first-order valence-corrected chi connectivity index (χ1v) is 9.76. The first-order chi connectivity index (χ1) is 14.6. The van der Waals surface area contributed by atoms with Gasteiger partial charge in [-0.1, -0.05) is 72.3 Å². The maximum absolute atomic E-state index is 12.1. The Morgan fingerprint density at radius 1 is 0.867 bits per heavy atom. The quantitative estimate of drug-likeness (QED) is 0.285. The molecule has 0 fully saturated rings. The molecule has 0 saturated carbocycles. The smallest absolute Gasteiger partial charge is 0.259 e. The van der Waals surface area contributed by atoms with E-state index in [0.29, 0.717) is 10.6 Å². The molecule has 0 atom stereocenters. The highest BCUT2D eigenvalue weighted by Gasteiger charge is 2.11. The first-order valence-electron chi connectivity index (χ1n) is 9.38. The van der Waals surface area contributed by atoms with Gasteiger partial charge in [-0.15, -0.1) is 0 Å². The van der Waals surface area contributed by atoms with Gasteiger partial charge in [-0.2, -0.15) is 5.10 Å². The van der Waals surface area contributed by atoms with Crippen molar-refractivity contribution in [1.29, 1.82) is 0 Å². The molecule has 2 N–H and O–H groups in total. The van der Waals surface area contributed by atoms with Gasteiger partial charge in [0.2, 0.25) is 0 Å². The molecule has 0 heterocycles. The molecule has 0 aliphatic heterocycles. The highest BCUT2D eigenvalue weighted by molar-refractivity contribution is 6.33. The minimum Gasteiger partial charge on any atom is -0.343 e. The lowest BCUT2D eigenvalue weighted by Crippen LogP contribution is -2.35. The molecule has 0 saturated heterocycles. The molecule has 4 aromatic carbocycles. The number of rotatable bonds is 5. The number of benzene rings is 4. The maximum atomic E-state index is 12.1. The Morgan fingerprint density at radius 3 is 2.13 bits per heavy atom. The van der Waals surface area contributed by atoms with Crippen molar-refractivity contribution < 1.29 is 9.59 Å². The summed E-state index contributed by atoms with van der Waals surface area (Å²) in [5.41, 5.74) is 3.70. The fraction of sp³-hybridized carbons (Fsp3) is 0.0417. The zero-order chi connectivity index (χ0) is 20.9. The summed E-state index contributed by atoms with van der Waals surface area (Å²) in [6.07, 6.45) is 1.64.